The van der Waals surface area contributed by atoms with Crippen LogP contribution in [0.4, 0.5) is 10.1 Å². The predicted molar refractivity (Wildman–Crippen MR) is 130 cm³/mol. The molecule has 0 radical (unpaired) electrons. The van der Waals surface area contributed by atoms with Crippen LogP contribution < -0.4 is 9.64 Å². The van der Waals surface area contributed by atoms with Crippen LogP contribution in [-0.2, 0) is 9.59 Å². The van der Waals surface area contributed by atoms with Crippen LogP contribution in [0.5, 0.6) is 5.75 Å². The number of carbonyl (C=O) groups is 2. The van der Waals surface area contributed by atoms with Crippen molar-refractivity contribution in [1.29, 1.82) is 0 Å². The number of amides is 1. The molecule has 1 aliphatic rings. The number of anilines is 1. The molecule has 9 heteroatoms. The van der Waals surface area contributed by atoms with Crippen LogP contribution >= 0.6 is 34.8 Å². The summed E-state index contributed by atoms with van der Waals surface area (Å²) in [6.07, 6.45) is 0. The van der Waals surface area contributed by atoms with Crippen molar-refractivity contribution in [3.8, 4) is 5.75 Å². The Morgan fingerprint density at radius 2 is 1.62 bits per heavy atom. The third-order valence-electron chi connectivity index (χ3n) is 5.40. The number of rotatable bonds is 4. The summed E-state index contributed by atoms with van der Waals surface area (Å²) in [6, 6.07) is 11.8. The number of methoxy groups -OCH3 is 1. The molecule has 34 heavy (non-hydrogen) atoms. The van der Waals surface area contributed by atoms with E-state index < -0.39 is 29.3 Å². The van der Waals surface area contributed by atoms with Gasteiger partial charge in [-0.3, -0.25) is 14.5 Å². The number of halogens is 4. The van der Waals surface area contributed by atoms with E-state index in [4.69, 9.17) is 39.5 Å². The quantitative estimate of drug-likeness (QED) is 0.235. The summed E-state index contributed by atoms with van der Waals surface area (Å²) in [5.41, 5.74) is 1.24. The zero-order valence-electron chi connectivity index (χ0n) is 17.9. The number of aliphatic hydroxyl groups is 1. The predicted octanol–water partition coefficient (Wildman–Crippen LogP) is 6.73. The first-order valence-electron chi connectivity index (χ1n) is 9.99. The Bertz CT molecular complexity index is 1330. The second kappa shape index (κ2) is 9.29. The van der Waals surface area contributed by atoms with Gasteiger partial charge in [-0.1, -0.05) is 46.9 Å². The van der Waals surface area contributed by atoms with E-state index in [1.54, 1.807) is 19.1 Å². The zero-order chi connectivity index (χ0) is 24.7. The van der Waals surface area contributed by atoms with Crippen molar-refractivity contribution in [1.82, 2.24) is 0 Å². The maximum absolute atomic E-state index is 13.7. The largest absolute Gasteiger partial charge is 0.507 e. The lowest BCUT2D eigenvalue weighted by molar-refractivity contribution is -0.132. The first kappa shape index (κ1) is 24.1. The molecular formula is C25H17Cl3FNO4. The minimum atomic E-state index is -1.10. The number of hydrogen-bond acceptors (Lipinski definition) is 4. The Balaban J connectivity index is 2.02. The summed E-state index contributed by atoms with van der Waals surface area (Å²) in [4.78, 5) is 27.7. The average Bonchev–Trinajstić information content (AvgIpc) is 3.03. The average molecular weight is 521 g/mol. The van der Waals surface area contributed by atoms with Gasteiger partial charge in [0.05, 0.1) is 29.3 Å². The number of benzene rings is 3. The van der Waals surface area contributed by atoms with Crippen molar-refractivity contribution in [2.45, 2.75) is 13.0 Å². The second-order valence-electron chi connectivity index (χ2n) is 7.68. The molecule has 0 bridgehead atoms. The fourth-order valence-corrected chi connectivity index (χ4v) is 4.86. The Hall–Kier alpha value is -3.06. The van der Waals surface area contributed by atoms with Crippen molar-refractivity contribution >= 4 is 57.9 Å². The lowest BCUT2D eigenvalue weighted by Gasteiger charge is -2.26. The van der Waals surface area contributed by atoms with E-state index in [1.807, 2.05) is 0 Å². The minimum absolute atomic E-state index is 0.139. The van der Waals surface area contributed by atoms with Crippen LogP contribution in [0, 0.1) is 12.7 Å². The number of ether oxygens (including phenoxy) is 1. The highest BCUT2D eigenvalue weighted by molar-refractivity contribution is 6.52. The van der Waals surface area contributed by atoms with Crippen LogP contribution in [-0.4, -0.2) is 23.9 Å². The van der Waals surface area contributed by atoms with E-state index in [0.717, 1.165) is 0 Å². The van der Waals surface area contributed by atoms with E-state index in [-0.39, 0.29) is 37.6 Å². The fraction of sp³-hybridized carbons (Fsp3) is 0.120. The highest BCUT2D eigenvalue weighted by atomic mass is 35.5. The number of Topliss-reactive ketones (excluding diaryl/α,β-unsaturated/α-hetero) is 1. The molecule has 1 N–H and O–H groups in total. The molecule has 3 aromatic carbocycles. The molecule has 0 saturated carbocycles. The van der Waals surface area contributed by atoms with Gasteiger partial charge in [0.25, 0.3) is 11.7 Å². The summed E-state index contributed by atoms with van der Waals surface area (Å²) in [5, 5.41) is 12.1. The first-order chi connectivity index (χ1) is 16.1. The van der Waals surface area contributed by atoms with Gasteiger partial charge in [0.15, 0.2) is 0 Å². The summed E-state index contributed by atoms with van der Waals surface area (Å²) in [7, 11) is 1.37. The highest BCUT2D eigenvalue weighted by Crippen LogP contribution is 2.45. The SMILES string of the molecule is COc1c(Cl)cc(C)cc1/C(O)=C1\C(=O)C(=O)N(c2cc(Cl)cc(Cl)c2)C1c1ccc(F)cc1. The van der Waals surface area contributed by atoms with E-state index in [1.165, 1.54) is 54.5 Å². The number of ketones is 1. The third kappa shape index (κ3) is 4.25. The Kier molecular flexibility index (Phi) is 6.58. The van der Waals surface area contributed by atoms with E-state index >= 15 is 0 Å². The second-order valence-corrected chi connectivity index (χ2v) is 8.96. The molecule has 0 aliphatic carbocycles. The van der Waals surface area contributed by atoms with Gasteiger partial charge in [-0.05, 0) is 60.5 Å². The number of carbonyl (C=O) groups excluding carboxylic acids is 2. The maximum Gasteiger partial charge on any atom is 0.300 e. The Labute approximate surface area is 209 Å². The molecule has 0 spiro atoms. The summed E-state index contributed by atoms with van der Waals surface area (Å²) in [5.74, 6) is -2.70. The first-order valence-corrected chi connectivity index (χ1v) is 11.1. The number of nitrogens with zero attached hydrogens (tertiary/aromatic N) is 1. The van der Waals surface area contributed by atoms with Gasteiger partial charge in [0.2, 0.25) is 0 Å². The molecule has 174 valence electrons. The molecule has 4 rings (SSSR count). The standard InChI is InChI=1S/C25H17Cl3FNO4/c1-12-7-18(24(34-2)19(28)8-12)22(31)20-21(13-3-5-16(29)6-4-13)30(25(33)23(20)32)17-10-14(26)9-15(27)11-17/h3-11,21,31H,1-2H3/b22-20+. The van der Waals surface area contributed by atoms with Crippen molar-refractivity contribution < 1.29 is 23.8 Å². The molecule has 1 aliphatic heterocycles. The van der Waals surface area contributed by atoms with E-state index in [2.05, 4.69) is 0 Å². The van der Waals surface area contributed by atoms with E-state index in [9.17, 15) is 19.1 Å². The number of aryl methyl sites for hydroxylation is 1. The van der Waals surface area contributed by atoms with Crippen LogP contribution in [0.15, 0.2) is 60.2 Å². The smallest absolute Gasteiger partial charge is 0.300 e. The highest BCUT2D eigenvalue weighted by Gasteiger charge is 2.47. The molecule has 5 nitrogen and oxygen atoms in total. The normalized spacial score (nSPS) is 17.4. The van der Waals surface area contributed by atoms with Gasteiger partial charge in [0, 0.05) is 15.7 Å². The van der Waals surface area contributed by atoms with Crippen molar-refractivity contribution in [3.05, 3.63) is 97.7 Å². The van der Waals surface area contributed by atoms with Crippen LogP contribution in [0.1, 0.15) is 22.7 Å². The van der Waals surface area contributed by atoms with Gasteiger partial charge in [-0.15, -0.1) is 0 Å². The molecule has 1 fully saturated rings. The van der Waals surface area contributed by atoms with Crippen molar-refractivity contribution in [2.75, 3.05) is 12.0 Å². The molecular weight excluding hydrogens is 504 g/mol. The van der Waals surface area contributed by atoms with Crippen molar-refractivity contribution in [3.63, 3.8) is 0 Å². The minimum Gasteiger partial charge on any atom is -0.507 e. The molecule has 1 atom stereocenters. The summed E-state index contributed by atoms with van der Waals surface area (Å²) >= 11 is 18.6. The summed E-state index contributed by atoms with van der Waals surface area (Å²) < 4.78 is 19.0. The lowest BCUT2D eigenvalue weighted by Crippen LogP contribution is -2.29. The van der Waals surface area contributed by atoms with Gasteiger partial charge >= 0.3 is 0 Å². The van der Waals surface area contributed by atoms with Gasteiger partial charge in [-0.2, -0.15) is 0 Å². The zero-order valence-corrected chi connectivity index (χ0v) is 20.2. The van der Waals surface area contributed by atoms with Crippen LogP contribution in [0.2, 0.25) is 15.1 Å². The lowest BCUT2D eigenvalue weighted by atomic mass is 9.94. The molecule has 1 heterocycles. The Morgan fingerprint density at radius 3 is 2.21 bits per heavy atom. The van der Waals surface area contributed by atoms with E-state index in [0.29, 0.717) is 11.1 Å². The molecule has 1 amide bonds. The van der Waals surface area contributed by atoms with Gasteiger partial charge in [-0.25, -0.2) is 4.39 Å². The number of hydrogen-bond donors (Lipinski definition) is 1. The number of aliphatic hydroxyl groups excluding tert-OH is 1. The monoisotopic (exact) mass is 519 g/mol. The molecule has 1 unspecified atom stereocenters. The summed E-state index contributed by atoms with van der Waals surface area (Å²) in [6.45, 7) is 1.76. The molecule has 0 aromatic heterocycles. The molecule has 1 saturated heterocycles. The van der Waals surface area contributed by atoms with Gasteiger partial charge in [0.1, 0.15) is 17.3 Å². The third-order valence-corrected chi connectivity index (χ3v) is 6.12. The van der Waals surface area contributed by atoms with Crippen molar-refractivity contribution in [2.24, 2.45) is 0 Å². The van der Waals surface area contributed by atoms with Crippen LogP contribution in [0.3, 0.4) is 0 Å². The fourth-order valence-electron chi connectivity index (χ4n) is 4.00. The van der Waals surface area contributed by atoms with Crippen LogP contribution in [0.25, 0.3) is 5.76 Å². The molecule has 3 aromatic rings. The van der Waals surface area contributed by atoms with Gasteiger partial charge < -0.3 is 9.84 Å². The maximum atomic E-state index is 13.7. The topological polar surface area (TPSA) is 66.8 Å². The Morgan fingerprint density at radius 1 is 1.00 bits per heavy atom.